The molecule has 0 heteroatoms. The first-order valence-corrected chi connectivity index (χ1v) is 8.62. The van der Waals surface area contributed by atoms with Gasteiger partial charge in [0.2, 0.25) is 0 Å². The van der Waals surface area contributed by atoms with Crippen LogP contribution < -0.4 is 0 Å². The molecule has 4 unspecified atom stereocenters. The summed E-state index contributed by atoms with van der Waals surface area (Å²) in [6.45, 7) is 0. The van der Waals surface area contributed by atoms with Crippen molar-refractivity contribution in [2.45, 2.75) is 38.5 Å². The fourth-order valence-electron chi connectivity index (χ4n) is 5.23. The van der Waals surface area contributed by atoms with Crippen LogP contribution in [0.2, 0.25) is 0 Å². The number of fused-ring (bicyclic) bond motifs is 2. The van der Waals surface area contributed by atoms with E-state index in [2.05, 4.69) is 48.6 Å². The molecule has 20 heavy (non-hydrogen) atoms. The highest BCUT2D eigenvalue weighted by Gasteiger charge is 2.37. The van der Waals surface area contributed by atoms with Crippen molar-refractivity contribution in [1.29, 1.82) is 0 Å². The maximum absolute atomic E-state index is 2.49. The summed E-state index contributed by atoms with van der Waals surface area (Å²) in [6, 6.07) is 0. The molecular formula is C20H26. The van der Waals surface area contributed by atoms with Crippen molar-refractivity contribution in [3.63, 3.8) is 0 Å². The van der Waals surface area contributed by atoms with Gasteiger partial charge in [-0.3, -0.25) is 0 Å². The Hall–Kier alpha value is -1.04. The third kappa shape index (κ3) is 2.24. The normalized spacial score (nSPS) is 44.8. The summed E-state index contributed by atoms with van der Waals surface area (Å²) in [7, 11) is 0. The Morgan fingerprint density at radius 1 is 0.550 bits per heavy atom. The second-order valence-electron chi connectivity index (χ2n) is 7.27. The molecule has 0 aliphatic heterocycles. The predicted molar refractivity (Wildman–Crippen MR) is 85.2 cm³/mol. The number of hydrogen-bond acceptors (Lipinski definition) is 0. The molecule has 0 saturated heterocycles. The lowest BCUT2D eigenvalue weighted by molar-refractivity contribution is 0.316. The Labute approximate surface area is 123 Å². The number of allylic oxidation sites excluding steroid dienone is 8. The second kappa shape index (κ2) is 5.39. The molecule has 0 nitrogen and oxygen atoms in total. The summed E-state index contributed by atoms with van der Waals surface area (Å²) >= 11 is 0. The van der Waals surface area contributed by atoms with Crippen LogP contribution in [0.3, 0.4) is 0 Å². The molecule has 4 aliphatic carbocycles. The van der Waals surface area contributed by atoms with E-state index in [0.29, 0.717) is 0 Å². The van der Waals surface area contributed by atoms with Crippen LogP contribution in [0.5, 0.6) is 0 Å². The quantitative estimate of drug-likeness (QED) is 0.650. The lowest BCUT2D eigenvalue weighted by atomic mass is 9.79. The fraction of sp³-hybridized carbons (Fsp3) is 0.600. The molecule has 0 bridgehead atoms. The largest absolute Gasteiger partial charge is 0.0808 e. The first-order valence-electron chi connectivity index (χ1n) is 8.62. The highest BCUT2D eigenvalue weighted by molar-refractivity contribution is 5.18. The third-order valence-corrected chi connectivity index (χ3v) is 6.33. The molecule has 0 amide bonds. The molecule has 0 spiro atoms. The zero-order chi connectivity index (χ0) is 13.4. The Kier molecular flexibility index (Phi) is 3.42. The maximum Gasteiger partial charge on any atom is -0.0139 e. The van der Waals surface area contributed by atoms with E-state index in [1.165, 1.54) is 38.5 Å². The van der Waals surface area contributed by atoms with E-state index in [9.17, 15) is 0 Å². The highest BCUT2D eigenvalue weighted by Crippen LogP contribution is 2.47. The minimum Gasteiger partial charge on any atom is -0.0808 e. The van der Waals surface area contributed by atoms with Crippen molar-refractivity contribution < 1.29 is 0 Å². The van der Waals surface area contributed by atoms with Crippen LogP contribution in [0.15, 0.2) is 48.6 Å². The van der Waals surface area contributed by atoms with Gasteiger partial charge in [-0.1, -0.05) is 48.6 Å². The molecule has 4 rings (SSSR count). The van der Waals surface area contributed by atoms with Gasteiger partial charge in [0.05, 0.1) is 0 Å². The molecule has 2 saturated carbocycles. The fourth-order valence-corrected chi connectivity index (χ4v) is 5.23. The lowest BCUT2D eigenvalue weighted by Gasteiger charge is -2.26. The van der Waals surface area contributed by atoms with Gasteiger partial charge in [-0.05, 0) is 74.0 Å². The standard InChI is InChI=1S/C20H26/c1-3-7-19-15(5-1)9-11-17(19)13-14-18-12-10-16-6-2-4-8-20(16)18/h1-8,15-20H,9-14H2/t15?,16?,17-,18-,19?,20?/m1/s1. The van der Waals surface area contributed by atoms with Gasteiger partial charge in [-0.15, -0.1) is 0 Å². The molecule has 4 aliphatic rings. The minimum atomic E-state index is 0.860. The van der Waals surface area contributed by atoms with Crippen LogP contribution in [0.4, 0.5) is 0 Å². The zero-order valence-corrected chi connectivity index (χ0v) is 12.3. The summed E-state index contributed by atoms with van der Waals surface area (Å²) < 4.78 is 0. The van der Waals surface area contributed by atoms with Crippen molar-refractivity contribution in [1.82, 2.24) is 0 Å². The van der Waals surface area contributed by atoms with Gasteiger partial charge in [0.1, 0.15) is 0 Å². The van der Waals surface area contributed by atoms with Gasteiger partial charge in [0, 0.05) is 0 Å². The van der Waals surface area contributed by atoms with Crippen molar-refractivity contribution in [2.75, 3.05) is 0 Å². The van der Waals surface area contributed by atoms with Crippen LogP contribution >= 0.6 is 0 Å². The Balaban J connectivity index is 1.35. The van der Waals surface area contributed by atoms with Gasteiger partial charge in [-0.2, -0.15) is 0 Å². The second-order valence-corrected chi connectivity index (χ2v) is 7.27. The minimum absolute atomic E-state index is 0.860. The van der Waals surface area contributed by atoms with E-state index < -0.39 is 0 Å². The van der Waals surface area contributed by atoms with Crippen LogP contribution in [-0.2, 0) is 0 Å². The highest BCUT2D eigenvalue weighted by atomic mass is 14.4. The summed E-state index contributed by atoms with van der Waals surface area (Å²) in [6.07, 6.45) is 27.6. The van der Waals surface area contributed by atoms with Gasteiger partial charge >= 0.3 is 0 Å². The molecule has 106 valence electrons. The molecule has 0 aromatic carbocycles. The molecule has 0 N–H and O–H groups in total. The molecule has 0 radical (unpaired) electrons. The SMILES string of the molecule is C1=CC2CC[C@H](CC[C@H]3CCC4C=CC=CC43)C2C=C1. The van der Waals surface area contributed by atoms with Gasteiger partial charge < -0.3 is 0 Å². The van der Waals surface area contributed by atoms with E-state index in [0.717, 1.165) is 35.5 Å². The van der Waals surface area contributed by atoms with Crippen LogP contribution in [-0.4, -0.2) is 0 Å². The van der Waals surface area contributed by atoms with E-state index in [-0.39, 0.29) is 0 Å². The lowest BCUT2D eigenvalue weighted by Crippen LogP contribution is -2.17. The van der Waals surface area contributed by atoms with Crippen molar-refractivity contribution in [2.24, 2.45) is 35.5 Å². The average Bonchev–Trinajstić information content (AvgIpc) is 3.09. The zero-order valence-electron chi connectivity index (χ0n) is 12.3. The Morgan fingerprint density at radius 2 is 1.00 bits per heavy atom. The van der Waals surface area contributed by atoms with Crippen LogP contribution in [0.25, 0.3) is 0 Å². The van der Waals surface area contributed by atoms with Crippen molar-refractivity contribution in [3.05, 3.63) is 48.6 Å². The first kappa shape index (κ1) is 12.7. The third-order valence-electron chi connectivity index (χ3n) is 6.33. The topological polar surface area (TPSA) is 0 Å². The summed E-state index contributed by atoms with van der Waals surface area (Å²) in [4.78, 5) is 0. The molecule has 2 fully saturated rings. The van der Waals surface area contributed by atoms with Crippen molar-refractivity contribution >= 4 is 0 Å². The summed E-state index contributed by atoms with van der Waals surface area (Å²) in [5, 5.41) is 0. The van der Waals surface area contributed by atoms with Gasteiger partial charge in [-0.25, -0.2) is 0 Å². The van der Waals surface area contributed by atoms with E-state index in [4.69, 9.17) is 0 Å². The molecule has 0 heterocycles. The summed E-state index contributed by atoms with van der Waals surface area (Å²) in [5.74, 6) is 5.36. The Morgan fingerprint density at radius 3 is 1.50 bits per heavy atom. The Bertz CT molecular complexity index is 420. The molecule has 0 aromatic heterocycles. The number of rotatable bonds is 3. The average molecular weight is 266 g/mol. The monoisotopic (exact) mass is 266 g/mol. The smallest absolute Gasteiger partial charge is 0.0139 e. The molecular weight excluding hydrogens is 240 g/mol. The van der Waals surface area contributed by atoms with Crippen molar-refractivity contribution in [3.8, 4) is 0 Å². The van der Waals surface area contributed by atoms with Crippen LogP contribution in [0.1, 0.15) is 38.5 Å². The van der Waals surface area contributed by atoms with Crippen LogP contribution in [0, 0.1) is 35.5 Å². The van der Waals surface area contributed by atoms with E-state index in [1.807, 2.05) is 0 Å². The molecule has 0 aromatic rings. The van der Waals surface area contributed by atoms with Gasteiger partial charge in [0.25, 0.3) is 0 Å². The molecule has 6 atom stereocenters. The summed E-state index contributed by atoms with van der Waals surface area (Å²) in [5.41, 5.74) is 0. The first-order chi connectivity index (χ1) is 9.92. The number of hydrogen-bond donors (Lipinski definition) is 0. The van der Waals surface area contributed by atoms with E-state index >= 15 is 0 Å². The maximum atomic E-state index is 2.49. The predicted octanol–water partition coefficient (Wildman–Crippen LogP) is 5.30. The van der Waals surface area contributed by atoms with Gasteiger partial charge in [0.15, 0.2) is 0 Å². The van der Waals surface area contributed by atoms with E-state index in [1.54, 1.807) is 0 Å².